The molecule has 0 saturated heterocycles. The number of rotatable bonds is 6. The molecule has 0 radical (unpaired) electrons. The van der Waals surface area contributed by atoms with Gasteiger partial charge in [-0.25, -0.2) is 0 Å². The molecule has 0 atom stereocenters. The molecule has 1 amide bonds. The molecule has 1 aromatic heterocycles. The van der Waals surface area contributed by atoms with Crippen molar-refractivity contribution in [3.05, 3.63) is 59.9 Å². The molecule has 20 heavy (non-hydrogen) atoms. The van der Waals surface area contributed by atoms with E-state index < -0.39 is 0 Å². The molecule has 0 unspecified atom stereocenters. The zero-order valence-electron chi connectivity index (χ0n) is 11.2. The standard InChI is InChI=1S/C15H18N4O/c16-19-13-8-10-17-14(11-13)15(20)18-9-4-7-12-5-2-1-3-6-12/h1-3,5-6,8,10-11H,4,7,9,16H2,(H,17,19)(H,18,20). The van der Waals surface area contributed by atoms with Gasteiger partial charge in [-0.3, -0.25) is 15.6 Å². The van der Waals surface area contributed by atoms with E-state index in [-0.39, 0.29) is 5.91 Å². The molecule has 0 bridgehead atoms. The van der Waals surface area contributed by atoms with Crippen LogP contribution in [0.25, 0.3) is 0 Å². The summed E-state index contributed by atoms with van der Waals surface area (Å²) in [6.07, 6.45) is 3.39. The fraction of sp³-hybridized carbons (Fsp3) is 0.200. The number of hydrogen-bond donors (Lipinski definition) is 3. The van der Waals surface area contributed by atoms with Crippen LogP contribution in [-0.4, -0.2) is 17.4 Å². The summed E-state index contributed by atoms with van der Waals surface area (Å²) in [6, 6.07) is 13.5. The number of nitrogens with two attached hydrogens (primary N) is 1. The zero-order valence-corrected chi connectivity index (χ0v) is 11.2. The Morgan fingerprint density at radius 1 is 1.20 bits per heavy atom. The van der Waals surface area contributed by atoms with Crippen molar-refractivity contribution in [1.82, 2.24) is 10.3 Å². The van der Waals surface area contributed by atoms with E-state index in [0.717, 1.165) is 12.8 Å². The number of aromatic nitrogens is 1. The highest BCUT2D eigenvalue weighted by Crippen LogP contribution is 2.06. The lowest BCUT2D eigenvalue weighted by Gasteiger charge is -2.06. The fourth-order valence-electron chi connectivity index (χ4n) is 1.87. The van der Waals surface area contributed by atoms with Crippen LogP contribution in [0.4, 0.5) is 5.69 Å². The van der Waals surface area contributed by atoms with E-state index in [1.54, 1.807) is 18.3 Å². The summed E-state index contributed by atoms with van der Waals surface area (Å²) in [4.78, 5) is 15.9. The number of anilines is 1. The van der Waals surface area contributed by atoms with Gasteiger partial charge in [0, 0.05) is 12.7 Å². The minimum Gasteiger partial charge on any atom is -0.351 e. The molecule has 5 nitrogen and oxygen atoms in total. The molecular formula is C15H18N4O. The number of nitrogens with zero attached hydrogens (tertiary/aromatic N) is 1. The van der Waals surface area contributed by atoms with Gasteiger partial charge in [-0.15, -0.1) is 0 Å². The Kier molecular flexibility index (Phi) is 5.08. The molecule has 2 aromatic rings. The van der Waals surface area contributed by atoms with Crippen molar-refractivity contribution in [3.63, 3.8) is 0 Å². The molecule has 0 aliphatic carbocycles. The first-order valence-electron chi connectivity index (χ1n) is 6.54. The average Bonchev–Trinajstić information content (AvgIpc) is 2.52. The summed E-state index contributed by atoms with van der Waals surface area (Å²) in [5.74, 6) is 5.11. The Labute approximate surface area is 118 Å². The molecule has 0 fully saturated rings. The van der Waals surface area contributed by atoms with Crippen LogP contribution in [0, 0.1) is 0 Å². The zero-order chi connectivity index (χ0) is 14.2. The first-order chi connectivity index (χ1) is 9.79. The van der Waals surface area contributed by atoms with Gasteiger partial charge in [0.25, 0.3) is 5.91 Å². The summed E-state index contributed by atoms with van der Waals surface area (Å²) in [5.41, 5.74) is 4.79. The lowest BCUT2D eigenvalue weighted by atomic mass is 10.1. The van der Waals surface area contributed by atoms with Crippen LogP contribution in [0.15, 0.2) is 48.7 Å². The SMILES string of the molecule is NNc1ccnc(C(=O)NCCCc2ccccc2)c1. The van der Waals surface area contributed by atoms with Crippen LogP contribution < -0.4 is 16.6 Å². The highest BCUT2D eigenvalue weighted by molar-refractivity contribution is 5.93. The lowest BCUT2D eigenvalue weighted by molar-refractivity contribution is 0.0948. The molecule has 2 rings (SSSR count). The summed E-state index contributed by atoms with van der Waals surface area (Å²) >= 11 is 0. The van der Waals surface area contributed by atoms with Crippen molar-refractivity contribution in [2.45, 2.75) is 12.8 Å². The topological polar surface area (TPSA) is 80.0 Å². The molecule has 5 heteroatoms. The van der Waals surface area contributed by atoms with E-state index in [2.05, 4.69) is 27.9 Å². The van der Waals surface area contributed by atoms with E-state index >= 15 is 0 Å². The minimum atomic E-state index is -0.185. The first-order valence-corrected chi connectivity index (χ1v) is 6.54. The van der Waals surface area contributed by atoms with Gasteiger partial charge < -0.3 is 10.7 Å². The van der Waals surface area contributed by atoms with E-state index in [4.69, 9.17) is 5.84 Å². The van der Waals surface area contributed by atoms with Gasteiger partial charge >= 0.3 is 0 Å². The maximum Gasteiger partial charge on any atom is 0.269 e. The van der Waals surface area contributed by atoms with Gasteiger partial charge in [-0.1, -0.05) is 30.3 Å². The Morgan fingerprint density at radius 3 is 2.75 bits per heavy atom. The van der Waals surface area contributed by atoms with Crippen LogP contribution in [0.1, 0.15) is 22.5 Å². The molecule has 0 aliphatic heterocycles. The highest BCUT2D eigenvalue weighted by atomic mass is 16.1. The molecule has 0 saturated carbocycles. The van der Waals surface area contributed by atoms with Crippen LogP contribution in [-0.2, 0) is 6.42 Å². The van der Waals surface area contributed by atoms with Gasteiger partial charge in [-0.05, 0) is 30.5 Å². The highest BCUT2D eigenvalue weighted by Gasteiger charge is 2.06. The monoisotopic (exact) mass is 270 g/mol. The van der Waals surface area contributed by atoms with Crippen LogP contribution >= 0.6 is 0 Å². The Bertz CT molecular complexity index is 557. The predicted octanol–water partition coefficient (Wildman–Crippen LogP) is 1.73. The molecule has 1 aromatic carbocycles. The van der Waals surface area contributed by atoms with Crippen molar-refractivity contribution >= 4 is 11.6 Å². The number of nitrogen functional groups attached to an aromatic ring is 1. The van der Waals surface area contributed by atoms with Gasteiger partial charge in [0.05, 0.1) is 5.69 Å². The van der Waals surface area contributed by atoms with E-state index in [0.29, 0.717) is 17.9 Å². The maximum absolute atomic E-state index is 11.9. The first kappa shape index (κ1) is 14.0. The molecule has 1 heterocycles. The summed E-state index contributed by atoms with van der Waals surface area (Å²) in [5, 5.41) is 2.85. The third-order valence-electron chi connectivity index (χ3n) is 2.93. The van der Waals surface area contributed by atoms with Gasteiger partial charge in [0.15, 0.2) is 0 Å². The average molecular weight is 270 g/mol. The van der Waals surface area contributed by atoms with Crippen molar-refractivity contribution in [1.29, 1.82) is 0 Å². The third-order valence-corrected chi connectivity index (χ3v) is 2.93. The second kappa shape index (κ2) is 7.25. The molecule has 0 spiro atoms. The minimum absolute atomic E-state index is 0.185. The number of carbonyl (C=O) groups is 1. The number of hydrazine groups is 1. The van der Waals surface area contributed by atoms with E-state index in [1.807, 2.05) is 18.2 Å². The van der Waals surface area contributed by atoms with Gasteiger partial charge in [-0.2, -0.15) is 0 Å². The molecule has 0 aliphatic rings. The number of nitrogens with one attached hydrogen (secondary N) is 2. The smallest absolute Gasteiger partial charge is 0.269 e. The van der Waals surface area contributed by atoms with Gasteiger partial charge in [0.1, 0.15) is 5.69 Å². The summed E-state index contributed by atoms with van der Waals surface area (Å²) in [7, 11) is 0. The number of pyridine rings is 1. The maximum atomic E-state index is 11.9. The normalized spacial score (nSPS) is 10.1. The van der Waals surface area contributed by atoms with E-state index in [1.165, 1.54) is 5.56 Å². The largest absolute Gasteiger partial charge is 0.351 e. The number of aryl methyl sites for hydroxylation is 1. The Balaban J connectivity index is 1.77. The van der Waals surface area contributed by atoms with Crippen molar-refractivity contribution in [3.8, 4) is 0 Å². The second-order valence-electron chi connectivity index (χ2n) is 4.42. The fourth-order valence-corrected chi connectivity index (χ4v) is 1.87. The van der Waals surface area contributed by atoms with Crippen molar-refractivity contribution < 1.29 is 4.79 Å². The van der Waals surface area contributed by atoms with E-state index in [9.17, 15) is 4.79 Å². The van der Waals surface area contributed by atoms with Crippen LogP contribution in [0.3, 0.4) is 0 Å². The summed E-state index contributed by atoms with van der Waals surface area (Å²) in [6.45, 7) is 0.621. The third kappa shape index (κ3) is 4.07. The quantitative estimate of drug-likeness (QED) is 0.424. The Hall–Kier alpha value is -2.40. The number of amides is 1. The second-order valence-corrected chi connectivity index (χ2v) is 4.42. The molecule has 104 valence electrons. The van der Waals surface area contributed by atoms with Crippen LogP contribution in [0.5, 0.6) is 0 Å². The van der Waals surface area contributed by atoms with Crippen LogP contribution in [0.2, 0.25) is 0 Å². The number of carbonyl (C=O) groups excluding carboxylic acids is 1. The summed E-state index contributed by atoms with van der Waals surface area (Å²) < 4.78 is 0. The van der Waals surface area contributed by atoms with Crippen molar-refractivity contribution in [2.75, 3.05) is 12.0 Å². The van der Waals surface area contributed by atoms with Gasteiger partial charge in [0.2, 0.25) is 0 Å². The Morgan fingerprint density at radius 2 is 2.00 bits per heavy atom. The molecular weight excluding hydrogens is 252 g/mol. The number of hydrogen-bond acceptors (Lipinski definition) is 4. The van der Waals surface area contributed by atoms with Crippen molar-refractivity contribution in [2.24, 2.45) is 5.84 Å². The number of benzene rings is 1. The lowest BCUT2D eigenvalue weighted by Crippen LogP contribution is -2.25. The predicted molar refractivity (Wildman–Crippen MR) is 79.1 cm³/mol. The molecule has 4 N–H and O–H groups in total.